The van der Waals surface area contributed by atoms with E-state index in [1.165, 1.54) is 11.5 Å². The first-order valence-corrected chi connectivity index (χ1v) is 7.71. The van der Waals surface area contributed by atoms with Gasteiger partial charge in [-0.2, -0.15) is 9.49 Å². The molecule has 0 radical (unpaired) electrons. The van der Waals surface area contributed by atoms with Gasteiger partial charge in [0, 0.05) is 10.9 Å². The summed E-state index contributed by atoms with van der Waals surface area (Å²) >= 11 is 1.41. The molecule has 1 aromatic heterocycles. The normalized spacial score (nSPS) is 13.9. The number of para-hydroxylation sites is 1. The minimum atomic E-state index is 0.802. The molecule has 0 unspecified atom stereocenters. The number of hydrazone groups is 1. The zero-order valence-corrected chi connectivity index (χ0v) is 12.4. The summed E-state index contributed by atoms with van der Waals surface area (Å²) in [5.41, 5.74) is 6.31. The number of amidine groups is 1. The molecule has 0 saturated carbocycles. The van der Waals surface area contributed by atoms with Crippen molar-refractivity contribution in [2.24, 2.45) is 5.10 Å². The topological polar surface area (TPSA) is 43.8 Å². The molecule has 0 spiro atoms. The highest BCUT2D eigenvalue weighted by atomic mass is 32.1. The molecule has 2 aromatic carbocycles. The van der Waals surface area contributed by atoms with Crippen LogP contribution in [-0.2, 0) is 0 Å². The predicted octanol–water partition coefficient (Wildman–Crippen LogP) is 3.25. The number of nitrogens with one attached hydrogen (secondary N) is 1. The molecule has 4 rings (SSSR count). The quantitative estimate of drug-likeness (QED) is 0.806. The van der Waals surface area contributed by atoms with Gasteiger partial charge in [-0.05, 0) is 23.7 Å². The predicted molar refractivity (Wildman–Crippen MR) is 89.6 cm³/mol. The first-order chi connectivity index (χ1) is 10.9. The zero-order chi connectivity index (χ0) is 14.8. The van der Waals surface area contributed by atoms with Crippen LogP contribution in [0.25, 0.3) is 0 Å². The van der Waals surface area contributed by atoms with Crippen LogP contribution < -0.4 is 15.7 Å². The van der Waals surface area contributed by atoms with Crippen LogP contribution in [0, 0.1) is 0 Å². The number of hydrogen-bond acceptors (Lipinski definition) is 6. The van der Waals surface area contributed by atoms with Gasteiger partial charge in [0.1, 0.15) is 5.69 Å². The Morgan fingerprint density at radius 3 is 2.27 bits per heavy atom. The number of nitrogens with zero attached hydrogens (tertiary/aromatic N) is 4. The van der Waals surface area contributed by atoms with E-state index >= 15 is 0 Å². The Hall–Kier alpha value is -2.86. The Morgan fingerprint density at radius 2 is 1.59 bits per heavy atom. The Balaban J connectivity index is 1.74. The van der Waals surface area contributed by atoms with Gasteiger partial charge in [-0.15, -0.1) is 10.2 Å². The van der Waals surface area contributed by atoms with E-state index in [1.807, 2.05) is 76.3 Å². The van der Waals surface area contributed by atoms with Gasteiger partial charge in [-0.25, -0.2) is 0 Å². The molecule has 0 amide bonds. The summed E-state index contributed by atoms with van der Waals surface area (Å²) in [5, 5.41) is 10.4. The molecular formula is C16H13N5S. The smallest absolute Gasteiger partial charge is 0.176 e. The number of rotatable bonds is 3. The van der Waals surface area contributed by atoms with Crippen LogP contribution >= 0.6 is 11.5 Å². The number of benzene rings is 2. The summed E-state index contributed by atoms with van der Waals surface area (Å²) in [6.45, 7) is 0. The van der Waals surface area contributed by atoms with Gasteiger partial charge in [0.25, 0.3) is 0 Å². The average Bonchev–Trinajstić information content (AvgIpc) is 3.26. The highest BCUT2D eigenvalue weighted by Gasteiger charge is 2.26. The molecule has 0 bridgehead atoms. The summed E-state index contributed by atoms with van der Waals surface area (Å²) in [7, 11) is 0. The molecule has 1 N–H and O–H groups in total. The Morgan fingerprint density at radius 1 is 0.864 bits per heavy atom. The fourth-order valence-corrected chi connectivity index (χ4v) is 2.74. The fraction of sp³-hybridized carbons (Fsp3) is 0. The third-order valence-corrected chi connectivity index (χ3v) is 3.87. The third-order valence-electron chi connectivity index (χ3n) is 3.29. The first-order valence-electron chi connectivity index (χ1n) is 6.87. The molecule has 0 aliphatic carbocycles. The van der Waals surface area contributed by atoms with Crippen molar-refractivity contribution in [3.8, 4) is 0 Å². The summed E-state index contributed by atoms with van der Waals surface area (Å²) < 4.78 is 4.17. The molecule has 1 aliphatic heterocycles. The summed E-state index contributed by atoms with van der Waals surface area (Å²) in [6.07, 6.45) is 1.81. The van der Waals surface area contributed by atoms with E-state index < -0.39 is 0 Å². The Labute approximate surface area is 132 Å². The van der Waals surface area contributed by atoms with Gasteiger partial charge in [0.2, 0.25) is 0 Å². The lowest BCUT2D eigenvalue weighted by molar-refractivity contribution is 0.771. The highest BCUT2D eigenvalue weighted by molar-refractivity contribution is 7.04. The van der Waals surface area contributed by atoms with Crippen LogP contribution in [0.4, 0.5) is 11.4 Å². The summed E-state index contributed by atoms with van der Waals surface area (Å²) in [4.78, 5) is 0. The number of aromatic nitrogens is 1. The Kier molecular flexibility index (Phi) is 3.21. The fourth-order valence-electron chi connectivity index (χ4n) is 2.24. The molecule has 0 saturated heterocycles. The van der Waals surface area contributed by atoms with E-state index in [1.54, 1.807) is 6.20 Å². The number of hydrogen-bond donors (Lipinski definition) is 1. The molecule has 22 heavy (non-hydrogen) atoms. The maximum atomic E-state index is 4.69. The van der Waals surface area contributed by atoms with Gasteiger partial charge < -0.3 is 0 Å². The third kappa shape index (κ3) is 2.29. The van der Waals surface area contributed by atoms with Crippen LogP contribution in [0.15, 0.2) is 77.3 Å². The largest absolute Gasteiger partial charge is 0.259 e. The van der Waals surface area contributed by atoms with Crippen molar-refractivity contribution in [1.82, 2.24) is 9.80 Å². The van der Waals surface area contributed by atoms with Crippen molar-refractivity contribution in [1.29, 1.82) is 0 Å². The van der Waals surface area contributed by atoms with E-state index in [-0.39, 0.29) is 0 Å². The lowest BCUT2D eigenvalue weighted by atomic mass is 10.2. The minimum absolute atomic E-state index is 0.802. The standard InChI is InChI=1S/C16H13N5S/c1-3-7-13(8-4-1)16-18-20(14-9-5-2-6-10-14)21(19-16)15-11-17-22-12-15/h1-12H,(H,18,19). The second-order valence-corrected chi connectivity index (χ2v) is 5.40. The van der Waals surface area contributed by atoms with Crippen molar-refractivity contribution in [3.63, 3.8) is 0 Å². The minimum Gasteiger partial charge on any atom is -0.259 e. The van der Waals surface area contributed by atoms with E-state index in [0.717, 1.165) is 22.8 Å². The van der Waals surface area contributed by atoms with E-state index in [0.29, 0.717) is 0 Å². The van der Waals surface area contributed by atoms with Gasteiger partial charge in [-0.1, -0.05) is 48.5 Å². The van der Waals surface area contributed by atoms with Gasteiger partial charge in [0.05, 0.1) is 11.9 Å². The second-order valence-electron chi connectivity index (χ2n) is 4.75. The molecule has 108 valence electrons. The lowest BCUT2D eigenvalue weighted by Gasteiger charge is -2.26. The average molecular weight is 307 g/mol. The summed E-state index contributed by atoms with van der Waals surface area (Å²) in [6, 6.07) is 20.1. The maximum absolute atomic E-state index is 4.69. The summed E-state index contributed by atoms with van der Waals surface area (Å²) in [5.74, 6) is 0.802. The van der Waals surface area contributed by atoms with Gasteiger partial charge in [-0.3, -0.25) is 5.43 Å². The second kappa shape index (κ2) is 5.50. The monoisotopic (exact) mass is 307 g/mol. The van der Waals surface area contributed by atoms with Crippen molar-refractivity contribution < 1.29 is 0 Å². The van der Waals surface area contributed by atoms with Crippen LogP contribution in [0.5, 0.6) is 0 Å². The molecule has 0 atom stereocenters. The van der Waals surface area contributed by atoms with Crippen molar-refractivity contribution in [3.05, 3.63) is 77.8 Å². The number of anilines is 2. The zero-order valence-electron chi connectivity index (χ0n) is 11.6. The maximum Gasteiger partial charge on any atom is 0.176 e. The van der Waals surface area contributed by atoms with E-state index in [4.69, 9.17) is 5.10 Å². The SMILES string of the molecule is c1ccc(C2=NN(c3cnsc3)N(c3ccccc3)N2)cc1. The van der Waals surface area contributed by atoms with Crippen molar-refractivity contribution in [2.75, 3.05) is 10.2 Å². The van der Waals surface area contributed by atoms with Crippen LogP contribution in [0.2, 0.25) is 0 Å². The van der Waals surface area contributed by atoms with E-state index in [2.05, 4.69) is 9.80 Å². The first kappa shape index (κ1) is 12.8. The van der Waals surface area contributed by atoms with Gasteiger partial charge in [0.15, 0.2) is 5.84 Å². The molecule has 3 aromatic rings. The molecular weight excluding hydrogens is 294 g/mol. The van der Waals surface area contributed by atoms with Crippen molar-refractivity contribution in [2.45, 2.75) is 0 Å². The van der Waals surface area contributed by atoms with E-state index in [9.17, 15) is 0 Å². The highest BCUT2D eigenvalue weighted by Crippen LogP contribution is 2.26. The van der Waals surface area contributed by atoms with Crippen LogP contribution in [-0.4, -0.2) is 10.2 Å². The van der Waals surface area contributed by atoms with Crippen LogP contribution in [0.3, 0.4) is 0 Å². The molecule has 5 nitrogen and oxygen atoms in total. The molecule has 0 fully saturated rings. The molecule has 1 aliphatic rings. The number of hydrazine groups is 2. The lowest BCUT2D eigenvalue weighted by Crippen LogP contribution is -2.44. The molecule has 2 heterocycles. The van der Waals surface area contributed by atoms with Crippen LogP contribution in [0.1, 0.15) is 5.56 Å². The molecule has 6 heteroatoms. The van der Waals surface area contributed by atoms with Crippen molar-refractivity contribution >= 4 is 28.7 Å². The van der Waals surface area contributed by atoms with Gasteiger partial charge >= 0.3 is 0 Å². The Bertz CT molecular complexity index is 771.